The molecule has 0 amide bonds. The highest BCUT2D eigenvalue weighted by Gasteiger charge is 2.36. The molecule has 2 heteroatoms. The summed E-state index contributed by atoms with van der Waals surface area (Å²) >= 11 is 0. The molecule has 0 saturated heterocycles. The van der Waals surface area contributed by atoms with Gasteiger partial charge in [-0.15, -0.1) is 0 Å². The van der Waals surface area contributed by atoms with E-state index < -0.39 is 0 Å². The van der Waals surface area contributed by atoms with Crippen molar-refractivity contribution in [3.05, 3.63) is 174 Å². The first-order chi connectivity index (χ1) is 23.1. The molecule has 2 nitrogen and oxygen atoms in total. The molecule has 0 unspecified atom stereocenters. The SMILES string of the molecule is CC1(C)c2ccccc2-c2ccc(N(C3=CC(c4ccccc4)=CCC3)c3ccc(-c4cccc5oc6ccccc6c45)cc3)cc21. The van der Waals surface area contributed by atoms with Crippen molar-refractivity contribution in [3.63, 3.8) is 0 Å². The number of benzene rings is 6. The summed E-state index contributed by atoms with van der Waals surface area (Å²) in [6, 6.07) is 50.5. The molecule has 0 aliphatic heterocycles. The van der Waals surface area contributed by atoms with Crippen LogP contribution >= 0.6 is 0 Å². The third-order valence-corrected chi connectivity index (χ3v) is 10.1. The van der Waals surface area contributed by atoms with Crippen molar-refractivity contribution in [2.75, 3.05) is 4.90 Å². The van der Waals surface area contributed by atoms with Crippen LogP contribution in [0, 0.1) is 0 Å². The molecule has 0 N–H and O–H groups in total. The summed E-state index contributed by atoms with van der Waals surface area (Å²) in [5.41, 5.74) is 15.8. The van der Waals surface area contributed by atoms with Gasteiger partial charge in [0.1, 0.15) is 11.2 Å². The van der Waals surface area contributed by atoms with E-state index in [1.165, 1.54) is 61.3 Å². The van der Waals surface area contributed by atoms with Gasteiger partial charge in [-0.25, -0.2) is 0 Å². The molecule has 0 atom stereocenters. The number of allylic oxidation sites excluding steroid dienone is 4. The van der Waals surface area contributed by atoms with Crippen molar-refractivity contribution >= 4 is 38.9 Å². The smallest absolute Gasteiger partial charge is 0.136 e. The highest BCUT2D eigenvalue weighted by atomic mass is 16.3. The maximum atomic E-state index is 6.22. The van der Waals surface area contributed by atoms with Gasteiger partial charge in [-0.1, -0.05) is 123 Å². The maximum Gasteiger partial charge on any atom is 0.136 e. The summed E-state index contributed by atoms with van der Waals surface area (Å²) in [6.45, 7) is 4.72. The fourth-order valence-corrected chi connectivity index (χ4v) is 7.81. The lowest BCUT2D eigenvalue weighted by atomic mass is 9.82. The van der Waals surface area contributed by atoms with Crippen LogP contribution in [0.25, 0.3) is 49.8 Å². The third kappa shape index (κ3) is 4.47. The summed E-state index contributed by atoms with van der Waals surface area (Å²) in [5, 5.41) is 2.32. The van der Waals surface area contributed by atoms with E-state index in [2.05, 4.69) is 158 Å². The van der Waals surface area contributed by atoms with Crippen LogP contribution in [-0.2, 0) is 5.41 Å². The summed E-state index contributed by atoms with van der Waals surface area (Å²) in [7, 11) is 0. The molecular formula is C45H35NO. The van der Waals surface area contributed by atoms with Gasteiger partial charge >= 0.3 is 0 Å². The Hall–Kier alpha value is -5.60. The van der Waals surface area contributed by atoms with E-state index in [-0.39, 0.29) is 5.41 Å². The fourth-order valence-electron chi connectivity index (χ4n) is 7.81. The zero-order valence-electron chi connectivity index (χ0n) is 26.7. The van der Waals surface area contributed by atoms with Crippen LogP contribution in [0.5, 0.6) is 0 Å². The number of rotatable bonds is 5. The fraction of sp³-hybridized carbons (Fsp3) is 0.111. The van der Waals surface area contributed by atoms with Gasteiger partial charge in [0, 0.05) is 33.3 Å². The van der Waals surface area contributed by atoms with Crippen LogP contribution in [0.2, 0.25) is 0 Å². The van der Waals surface area contributed by atoms with Crippen LogP contribution in [0.1, 0.15) is 43.4 Å². The molecule has 0 bridgehead atoms. The Labute approximate surface area is 275 Å². The Bertz CT molecular complexity index is 2370. The van der Waals surface area contributed by atoms with E-state index in [0.717, 1.165) is 35.1 Å². The number of furan rings is 1. The molecule has 7 aromatic rings. The first-order valence-electron chi connectivity index (χ1n) is 16.6. The van der Waals surface area contributed by atoms with Crippen LogP contribution in [0.3, 0.4) is 0 Å². The van der Waals surface area contributed by atoms with E-state index in [0.29, 0.717) is 0 Å². The lowest BCUT2D eigenvalue weighted by molar-refractivity contribution is 0.660. The summed E-state index contributed by atoms with van der Waals surface area (Å²) in [5.74, 6) is 0. The monoisotopic (exact) mass is 605 g/mol. The third-order valence-electron chi connectivity index (χ3n) is 10.1. The van der Waals surface area contributed by atoms with Gasteiger partial charge in [-0.2, -0.15) is 0 Å². The molecular weight excluding hydrogens is 571 g/mol. The quantitative estimate of drug-likeness (QED) is 0.194. The molecule has 1 aromatic heterocycles. The summed E-state index contributed by atoms with van der Waals surface area (Å²) < 4.78 is 6.22. The van der Waals surface area contributed by atoms with Crippen LogP contribution in [0.4, 0.5) is 11.4 Å². The number of para-hydroxylation sites is 1. The molecule has 9 rings (SSSR count). The van der Waals surface area contributed by atoms with E-state index in [9.17, 15) is 0 Å². The number of anilines is 2. The minimum absolute atomic E-state index is 0.0699. The molecule has 2 aliphatic rings. The maximum absolute atomic E-state index is 6.22. The van der Waals surface area contributed by atoms with Crippen molar-refractivity contribution in [2.45, 2.75) is 32.1 Å². The number of hydrogen-bond donors (Lipinski definition) is 0. The minimum Gasteiger partial charge on any atom is -0.456 e. The normalized spacial score (nSPS) is 14.9. The van der Waals surface area contributed by atoms with Crippen molar-refractivity contribution in [1.29, 1.82) is 0 Å². The summed E-state index contributed by atoms with van der Waals surface area (Å²) in [6.07, 6.45) is 6.73. The van der Waals surface area contributed by atoms with Gasteiger partial charge in [0.15, 0.2) is 0 Å². The van der Waals surface area contributed by atoms with Gasteiger partial charge in [0.05, 0.1) is 0 Å². The average Bonchev–Trinajstić information content (AvgIpc) is 3.62. The predicted octanol–water partition coefficient (Wildman–Crippen LogP) is 12.5. The van der Waals surface area contributed by atoms with E-state index in [1.807, 2.05) is 12.1 Å². The standard InChI is InChI=1S/C45H35NO/c1-45(2)40-19-8-6-16-37(40)38-27-26-35(29-41(38)45)46(34-15-10-14-32(28-34)30-12-4-3-5-13-30)33-24-22-31(23-25-33)36-18-11-21-43-44(36)39-17-7-9-20-42(39)47-43/h3-9,11-14,16-29H,10,15H2,1-2H3. The van der Waals surface area contributed by atoms with Crippen molar-refractivity contribution < 1.29 is 4.42 Å². The van der Waals surface area contributed by atoms with Crippen LogP contribution < -0.4 is 4.90 Å². The van der Waals surface area contributed by atoms with E-state index >= 15 is 0 Å². The zero-order valence-corrected chi connectivity index (χ0v) is 26.7. The molecule has 226 valence electrons. The van der Waals surface area contributed by atoms with Crippen molar-refractivity contribution in [1.82, 2.24) is 0 Å². The molecule has 0 fully saturated rings. The second-order valence-corrected chi connectivity index (χ2v) is 13.3. The Morgan fingerprint density at radius 2 is 1.28 bits per heavy atom. The molecule has 0 spiro atoms. The van der Waals surface area contributed by atoms with E-state index in [1.54, 1.807) is 0 Å². The molecule has 2 aliphatic carbocycles. The average molecular weight is 606 g/mol. The van der Waals surface area contributed by atoms with Gasteiger partial charge in [0.2, 0.25) is 0 Å². The Morgan fingerprint density at radius 3 is 2.15 bits per heavy atom. The minimum atomic E-state index is -0.0699. The van der Waals surface area contributed by atoms with E-state index in [4.69, 9.17) is 4.42 Å². The van der Waals surface area contributed by atoms with Crippen LogP contribution in [0.15, 0.2) is 162 Å². The topological polar surface area (TPSA) is 16.4 Å². The predicted molar refractivity (Wildman–Crippen MR) is 197 cm³/mol. The van der Waals surface area contributed by atoms with Gasteiger partial charge in [-0.05, 0) is 99.8 Å². The molecule has 0 saturated carbocycles. The summed E-state index contributed by atoms with van der Waals surface area (Å²) in [4.78, 5) is 2.48. The van der Waals surface area contributed by atoms with Gasteiger partial charge in [0.25, 0.3) is 0 Å². The first kappa shape index (κ1) is 27.7. The number of fused-ring (bicyclic) bond motifs is 6. The van der Waals surface area contributed by atoms with Crippen molar-refractivity contribution in [3.8, 4) is 22.3 Å². The Kier molecular flexibility index (Phi) is 6.33. The number of hydrogen-bond acceptors (Lipinski definition) is 2. The largest absolute Gasteiger partial charge is 0.456 e. The molecule has 1 heterocycles. The lowest BCUT2D eigenvalue weighted by Crippen LogP contribution is -2.20. The second kappa shape index (κ2) is 10.7. The Balaban J connectivity index is 1.18. The van der Waals surface area contributed by atoms with Crippen molar-refractivity contribution in [2.24, 2.45) is 0 Å². The van der Waals surface area contributed by atoms with Crippen LogP contribution in [-0.4, -0.2) is 0 Å². The molecule has 47 heavy (non-hydrogen) atoms. The molecule has 0 radical (unpaired) electrons. The lowest BCUT2D eigenvalue weighted by Gasteiger charge is -2.31. The highest BCUT2D eigenvalue weighted by molar-refractivity contribution is 6.12. The second-order valence-electron chi connectivity index (χ2n) is 13.3. The first-order valence-corrected chi connectivity index (χ1v) is 16.6. The zero-order chi connectivity index (χ0) is 31.5. The van der Waals surface area contributed by atoms with Gasteiger partial charge < -0.3 is 9.32 Å². The highest BCUT2D eigenvalue weighted by Crippen LogP contribution is 2.50. The molecule has 6 aromatic carbocycles. The van der Waals surface area contributed by atoms with Gasteiger partial charge in [-0.3, -0.25) is 0 Å². The number of nitrogens with zero attached hydrogens (tertiary/aromatic N) is 1. The Morgan fingerprint density at radius 1 is 0.574 bits per heavy atom.